The van der Waals surface area contributed by atoms with Crippen LogP contribution in [0.2, 0.25) is 4.34 Å². The molecule has 0 bridgehead atoms. The zero-order chi connectivity index (χ0) is 19.7. The van der Waals surface area contributed by atoms with Gasteiger partial charge in [0, 0.05) is 17.7 Å². The quantitative estimate of drug-likeness (QED) is 0.756. The van der Waals surface area contributed by atoms with Crippen LogP contribution in [0.15, 0.2) is 30.3 Å². The number of hydrogen-bond acceptors (Lipinski definition) is 5. The first-order valence-corrected chi connectivity index (χ1v) is 9.64. The number of fused-ring (bicyclic) bond motifs is 1. The maximum absolute atomic E-state index is 13.0. The molecule has 1 aliphatic rings. The van der Waals surface area contributed by atoms with Gasteiger partial charge in [-0.2, -0.15) is 0 Å². The minimum atomic E-state index is -1.61. The Bertz CT molecular complexity index is 866. The molecule has 2 atom stereocenters. The number of amides is 1. The maximum Gasteiger partial charge on any atom is 0.342 e. The van der Waals surface area contributed by atoms with Crippen molar-refractivity contribution in [2.75, 3.05) is 18.6 Å². The van der Waals surface area contributed by atoms with E-state index in [1.54, 1.807) is 18.2 Å². The molecule has 2 heterocycles. The fourth-order valence-electron chi connectivity index (χ4n) is 3.10. The summed E-state index contributed by atoms with van der Waals surface area (Å²) in [4.78, 5) is 26.2. The van der Waals surface area contributed by atoms with E-state index in [-0.39, 0.29) is 5.92 Å². The van der Waals surface area contributed by atoms with E-state index in [4.69, 9.17) is 21.1 Å². The molecule has 144 valence electrons. The molecule has 1 aromatic carbocycles. The number of carbonyl (C=O) groups excluding carboxylic acids is 1. The summed E-state index contributed by atoms with van der Waals surface area (Å²) in [7, 11) is 1.53. The van der Waals surface area contributed by atoms with Crippen molar-refractivity contribution in [3.8, 4) is 5.75 Å². The first kappa shape index (κ1) is 19.7. The highest BCUT2D eigenvalue weighted by atomic mass is 35.5. The van der Waals surface area contributed by atoms with E-state index >= 15 is 0 Å². The Balaban J connectivity index is 2.20. The predicted molar refractivity (Wildman–Crippen MR) is 104 cm³/mol. The van der Waals surface area contributed by atoms with Gasteiger partial charge in [0.2, 0.25) is 6.10 Å². The van der Waals surface area contributed by atoms with Crippen LogP contribution in [0.5, 0.6) is 5.75 Å². The van der Waals surface area contributed by atoms with Crippen molar-refractivity contribution >= 4 is 39.8 Å². The highest BCUT2D eigenvalue weighted by Gasteiger charge is 2.42. The molecule has 1 amide bonds. The van der Waals surface area contributed by atoms with Crippen LogP contribution in [0.3, 0.4) is 0 Å². The van der Waals surface area contributed by atoms with Crippen LogP contribution < -0.4 is 9.64 Å². The number of rotatable bonds is 5. The van der Waals surface area contributed by atoms with Crippen molar-refractivity contribution < 1.29 is 24.2 Å². The van der Waals surface area contributed by atoms with Crippen molar-refractivity contribution in [2.45, 2.75) is 26.1 Å². The molecule has 8 heteroatoms. The molecule has 0 spiro atoms. The average molecular weight is 410 g/mol. The highest BCUT2D eigenvalue weighted by molar-refractivity contribution is 7.20. The smallest absolute Gasteiger partial charge is 0.342 e. The molecule has 0 fully saturated rings. The number of hydrogen-bond donors (Lipinski definition) is 1. The number of benzene rings is 1. The van der Waals surface area contributed by atoms with Crippen molar-refractivity contribution in [1.82, 2.24) is 0 Å². The minimum absolute atomic E-state index is 0.139. The third-order valence-electron chi connectivity index (χ3n) is 4.19. The Labute approximate surface area is 166 Å². The summed E-state index contributed by atoms with van der Waals surface area (Å²) in [5.41, 5.74) is 1.30. The van der Waals surface area contributed by atoms with Gasteiger partial charge in [-0.25, -0.2) is 4.79 Å². The van der Waals surface area contributed by atoms with Gasteiger partial charge in [0.05, 0.1) is 11.4 Å². The fraction of sp³-hybridized carbons (Fsp3) is 0.368. The third kappa shape index (κ3) is 3.81. The number of para-hydroxylation sites is 1. The van der Waals surface area contributed by atoms with Crippen LogP contribution in [0.25, 0.3) is 0 Å². The van der Waals surface area contributed by atoms with Gasteiger partial charge in [-0.05, 0) is 18.1 Å². The molecule has 6 nitrogen and oxygen atoms in total. The summed E-state index contributed by atoms with van der Waals surface area (Å²) in [6.45, 7) is 4.29. The SMILES string of the molecule is COc1ccccc1C1OC(C(=O)O)C(=O)N(CC(C)C)c2sc(Cl)cc21. The van der Waals surface area contributed by atoms with Gasteiger partial charge < -0.3 is 19.5 Å². The number of thiophene rings is 1. The number of carboxylic acid groups (broad SMARTS) is 1. The van der Waals surface area contributed by atoms with Crippen LogP contribution in [0, 0.1) is 5.92 Å². The standard InChI is InChI=1S/C19H20ClNO5S/c1-10(2)9-21-17(22)16(19(23)24)26-15(12-8-14(20)27-18(12)21)11-6-4-5-7-13(11)25-3/h4-8,10,15-16H,9H2,1-3H3,(H,23,24). The molecule has 0 radical (unpaired) electrons. The highest BCUT2D eigenvalue weighted by Crippen LogP contribution is 2.46. The Morgan fingerprint density at radius 1 is 1.37 bits per heavy atom. The van der Waals surface area contributed by atoms with Gasteiger partial charge in [0.1, 0.15) is 16.9 Å². The Kier molecular flexibility index (Phi) is 5.74. The zero-order valence-electron chi connectivity index (χ0n) is 15.1. The predicted octanol–water partition coefficient (Wildman–Crippen LogP) is 3.97. The topological polar surface area (TPSA) is 76.1 Å². The number of aliphatic carboxylic acids is 1. The van der Waals surface area contributed by atoms with Crippen LogP contribution in [-0.2, 0) is 14.3 Å². The fourth-order valence-corrected chi connectivity index (χ4v) is 4.36. The van der Waals surface area contributed by atoms with Crippen LogP contribution >= 0.6 is 22.9 Å². The summed E-state index contributed by atoms with van der Waals surface area (Å²) in [5.74, 6) is -1.24. The third-order valence-corrected chi connectivity index (χ3v) is 5.50. The van der Waals surface area contributed by atoms with Gasteiger partial charge in [-0.1, -0.05) is 43.6 Å². The molecule has 27 heavy (non-hydrogen) atoms. The first-order valence-electron chi connectivity index (χ1n) is 8.45. The van der Waals surface area contributed by atoms with E-state index in [0.29, 0.717) is 32.8 Å². The molecular formula is C19H20ClNO5S. The number of anilines is 1. The van der Waals surface area contributed by atoms with Gasteiger partial charge in [0.25, 0.3) is 5.91 Å². The molecule has 1 aromatic heterocycles. The largest absolute Gasteiger partial charge is 0.496 e. The number of carbonyl (C=O) groups is 2. The van der Waals surface area contributed by atoms with E-state index in [9.17, 15) is 14.7 Å². The van der Waals surface area contributed by atoms with E-state index < -0.39 is 24.1 Å². The van der Waals surface area contributed by atoms with Crippen molar-refractivity contribution in [1.29, 1.82) is 0 Å². The first-order chi connectivity index (χ1) is 12.8. The van der Waals surface area contributed by atoms with Crippen LogP contribution in [0.4, 0.5) is 5.00 Å². The van der Waals surface area contributed by atoms with Crippen molar-refractivity contribution in [3.05, 3.63) is 45.8 Å². The number of carboxylic acids is 1. The molecule has 0 aliphatic carbocycles. The van der Waals surface area contributed by atoms with Crippen LogP contribution in [-0.4, -0.2) is 36.7 Å². The summed E-state index contributed by atoms with van der Waals surface area (Å²) in [6, 6.07) is 8.90. The summed E-state index contributed by atoms with van der Waals surface area (Å²) in [5, 5.41) is 10.2. The molecule has 0 saturated carbocycles. The Morgan fingerprint density at radius 3 is 2.70 bits per heavy atom. The second kappa shape index (κ2) is 7.88. The number of ether oxygens (including phenoxy) is 2. The van der Waals surface area contributed by atoms with E-state index in [0.717, 1.165) is 0 Å². The summed E-state index contributed by atoms with van der Waals surface area (Å²) in [6.07, 6.45) is -2.40. The number of methoxy groups -OCH3 is 1. The van der Waals surface area contributed by atoms with Gasteiger partial charge in [-0.15, -0.1) is 11.3 Å². The average Bonchev–Trinajstić information content (AvgIpc) is 2.96. The molecule has 0 saturated heterocycles. The normalized spacial score (nSPS) is 19.7. The van der Waals surface area contributed by atoms with Gasteiger partial charge in [0.15, 0.2) is 0 Å². The molecule has 1 N–H and O–H groups in total. The number of halogens is 1. The summed E-state index contributed by atoms with van der Waals surface area (Å²) < 4.78 is 11.8. The zero-order valence-corrected chi connectivity index (χ0v) is 16.7. The second-order valence-corrected chi connectivity index (χ2v) is 8.29. The monoisotopic (exact) mass is 409 g/mol. The van der Waals surface area contributed by atoms with Gasteiger partial charge in [-0.3, -0.25) is 4.79 Å². The van der Waals surface area contributed by atoms with Crippen LogP contribution in [0.1, 0.15) is 31.1 Å². The van der Waals surface area contributed by atoms with E-state index in [2.05, 4.69) is 0 Å². The lowest BCUT2D eigenvalue weighted by atomic mass is 10.0. The summed E-state index contributed by atoms with van der Waals surface area (Å²) >= 11 is 7.50. The number of nitrogens with zero attached hydrogens (tertiary/aromatic N) is 1. The Hall–Kier alpha value is -2.09. The van der Waals surface area contributed by atoms with Crippen molar-refractivity contribution in [3.63, 3.8) is 0 Å². The molecule has 2 unspecified atom stereocenters. The maximum atomic E-state index is 13.0. The molecule has 2 aromatic rings. The Morgan fingerprint density at radius 2 is 2.07 bits per heavy atom. The van der Waals surface area contributed by atoms with E-state index in [1.165, 1.54) is 23.3 Å². The van der Waals surface area contributed by atoms with Crippen molar-refractivity contribution in [2.24, 2.45) is 5.92 Å². The minimum Gasteiger partial charge on any atom is -0.496 e. The van der Waals surface area contributed by atoms with Gasteiger partial charge >= 0.3 is 5.97 Å². The molecule has 1 aliphatic heterocycles. The second-order valence-electron chi connectivity index (χ2n) is 6.63. The van der Waals surface area contributed by atoms with E-state index in [1.807, 2.05) is 26.0 Å². The lowest BCUT2D eigenvalue weighted by Crippen LogP contribution is -2.44. The lowest BCUT2D eigenvalue weighted by molar-refractivity contribution is -0.158. The molecule has 3 rings (SSSR count). The molecular weight excluding hydrogens is 390 g/mol. The lowest BCUT2D eigenvalue weighted by Gasteiger charge is -2.23.